The van der Waals surface area contributed by atoms with Crippen LogP contribution in [0.15, 0.2) is 22.7 Å². The molecular weight excluding hydrogens is 307 g/mol. The number of carbonyl (C=O) groups excluding carboxylic acids is 2. The lowest BCUT2D eigenvalue weighted by Gasteiger charge is -2.23. The first-order valence-corrected chi connectivity index (χ1v) is 6.10. The average molecular weight is 320 g/mol. The molecule has 0 radical (unpaired) electrons. The van der Waals surface area contributed by atoms with Gasteiger partial charge in [0.15, 0.2) is 5.60 Å². The normalized spacial score (nSPS) is 11.1. The highest BCUT2D eigenvalue weighted by Crippen LogP contribution is 2.26. The van der Waals surface area contributed by atoms with E-state index in [-0.39, 0.29) is 5.78 Å². The molecule has 0 N–H and O–H groups in total. The SMILES string of the molecule is CC(=O)OC(C)(C)C(=O)c1ccc(Br)cc1Cl. The Bertz CT molecular complexity index is 469. The Labute approximate surface area is 113 Å². The van der Waals surface area contributed by atoms with Gasteiger partial charge in [-0.25, -0.2) is 0 Å². The molecule has 17 heavy (non-hydrogen) atoms. The second kappa shape index (κ2) is 5.19. The largest absolute Gasteiger partial charge is 0.451 e. The Hall–Kier alpha value is -0.870. The molecule has 0 amide bonds. The predicted molar refractivity (Wildman–Crippen MR) is 69.3 cm³/mol. The molecule has 0 aliphatic heterocycles. The minimum atomic E-state index is -1.22. The fourth-order valence-corrected chi connectivity index (χ4v) is 2.16. The van der Waals surface area contributed by atoms with Gasteiger partial charge in [-0.15, -0.1) is 0 Å². The van der Waals surface area contributed by atoms with Crippen molar-refractivity contribution >= 4 is 39.3 Å². The second-order valence-corrected chi connectivity index (χ2v) is 5.38. The summed E-state index contributed by atoms with van der Waals surface area (Å²) in [5.74, 6) is -0.832. The second-order valence-electron chi connectivity index (χ2n) is 4.06. The number of carbonyl (C=O) groups is 2. The molecule has 0 atom stereocenters. The lowest BCUT2D eigenvalue weighted by molar-refractivity contribution is -0.149. The van der Waals surface area contributed by atoms with E-state index >= 15 is 0 Å². The minimum Gasteiger partial charge on any atom is -0.451 e. The van der Waals surface area contributed by atoms with Gasteiger partial charge in [0.1, 0.15) is 0 Å². The van der Waals surface area contributed by atoms with Crippen molar-refractivity contribution in [1.29, 1.82) is 0 Å². The molecule has 5 heteroatoms. The van der Waals surface area contributed by atoms with Crippen molar-refractivity contribution in [2.75, 3.05) is 0 Å². The van der Waals surface area contributed by atoms with E-state index in [0.717, 1.165) is 4.47 Å². The molecular formula is C12H12BrClO3. The first-order valence-electron chi connectivity index (χ1n) is 4.93. The van der Waals surface area contributed by atoms with Crippen molar-refractivity contribution in [3.63, 3.8) is 0 Å². The number of ketones is 1. The number of benzene rings is 1. The van der Waals surface area contributed by atoms with Crippen molar-refractivity contribution in [2.24, 2.45) is 0 Å². The minimum absolute atomic E-state index is 0.324. The van der Waals surface area contributed by atoms with Crippen LogP contribution in [0.1, 0.15) is 31.1 Å². The van der Waals surface area contributed by atoms with Crippen molar-refractivity contribution in [3.8, 4) is 0 Å². The van der Waals surface area contributed by atoms with Crippen LogP contribution in [0.2, 0.25) is 5.02 Å². The van der Waals surface area contributed by atoms with E-state index < -0.39 is 11.6 Å². The van der Waals surface area contributed by atoms with E-state index in [0.29, 0.717) is 10.6 Å². The summed E-state index contributed by atoms with van der Waals surface area (Å²) < 4.78 is 5.76. The molecule has 0 saturated heterocycles. The van der Waals surface area contributed by atoms with Gasteiger partial charge < -0.3 is 4.74 Å². The van der Waals surface area contributed by atoms with Gasteiger partial charge in [-0.1, -0.05) is 27.5 Å². The van der Waals surface area contributed by atoms with E-state index in [1.807, 2.05) is 0 Å². The third kappa shape index (κ3) is 3.54. The van der Waals surface area contributed by atoms with E-state index in [1.54, 1.807) is 18.2 Å². The number of rotatable bonds is 3. The summed E-state index contributed by atoms with van der Waals surface area (Å²) in [4.78, 5) is 23.1. The molecule has 0 bridgehead atoms. The van der Waals surface area contributed by atoms with Crippen LogP contribution >= 0.6 is 27.5 Å². The third-order valence-electron chi connectivity index (χ3n) is 2.12. The van der Waals surface area contributed by atoms with Crippen molar-refractivity contribution < 1.29 is 14.3 Å². The molecule has 0 heterocycles. The lowest BCUT2D eigenvalue weighted by atomic mass is 9.96. The lowest BCUT2D eigenvalue weighted by Crippen LogP contribution is -2.36. The number of halogens is 2. The summed E-state index contributed by atoms with van der Waals surface area (Å²) in [7, 11) is 0. The number of hydrogen-bond donors (Lipinski definition) is 0. The Morgan fingerprint density at radius 1 is 1.35 bits per heavy atom. The number of ether oxygens (including phenoxy) is 1. The molecule has 92 valence electrons. The Balaban J connectivity index is 3.07. The van der Waals surface area contributed by atoms with Crippen molar-refractivity contribution in [3.05, 3.63) is 33.3 Å². The maximum absolute atomic E-state index is 12.2. The van der Waals surface area contributed by atoms with Gasteiger partial charge >= 0.3 is 5.97 Å². The van der Waals surface area contributed by atoms with E-state index in [4.69, 9.17) is 16.3 Å². The molecule has 0 fully saturated rings. The molecule has 0 unspecified atom stereocenters. The van der Waals surface area contributed by atoms with Crippen LogP contribution in [-0.4, -0.2) is 17.4 Å². The Morgan fingerprint density at radius 2 is 1.94 bits per heavy atom. The molecule has 1 aromatic rings. The number of hydrogen-bond acceptors (Lipinski definition) is 3. The van der Waals surface area contributed by atoms with Crippen LogP contribution in [0, 0.1) is 0 Å². The highest BCUT2D eigenvalue weighted by atomic mass is 79.9. The van der Waals surface area contributed by atoms with Crippen LogP contribution < -0.4 is 0 Å². The summed E-state index contributed by atoms with van der Waals surface area (Å²) in [5, 5.41) is 0.324. The van der Waals surface area contributed by atoms with Gasteiger partial charge in [-0.05, 0) is 32.0 Å². The molecule has 1 aromatic carbocycles. The first-order chi connectivity index (χ1) is 7.74. The highest BCUT2D eigenvalue weighted by molar-refractivity contribution is 9.10. The van der Waals surface area contributed by atoms with E-state index in [2.05, 4.69) is 15.9 Å². The van der Waals surface area contributed by atoms with Crippen LogP contribution in [0.4, 0.5) is 0 Å². The highest BCUT2D eigenvalue weighted by Gasteiger charge is 2.33. The Kier molecular flexibility index (Phi) is 4.33. The maximum Gasteiger partial charge on any atom is 0.303 e. The number of esters is 1. The van der Waals surface area contributed by atoms with Crippen LogP contribution in [0.5, 0.6) is 0 Å². The van der Waals surface area contributed by atoms with Crippen molar-refractivity contribution in [1.82, 2.24) is 0 Å². The van der Waals surface area contributed by atoms with Gasteiger partial charge in [-0.3, -0.25) is 9.59 Å². The van der Waals surface area contributed by atoms with E-state index in [1.165, 1.54) is 20.8 Å². The summed E-state index contributed by atoms with van der Waals surface area (Å²) in [5.41, 5.74) is -0.885. The van der Waals surface area contributed by atoms with Crippen LogP contribution in [0.25, 0.3) is 0 Å². The summed E-state index contributed by atoms with van der Waals surface area (Å²) in [6, 6.07) is 4.93. The summed E-state index contributed by atoms with van der Waals surface area (Å²) >= 11 is 9.23. The fourth-order valence-electron chi connectivity index (χ4n) is 1.40. The standard InChI is InChI=1S/C12H12BrClO3/c1-7(15)17-12(2,3)11(16)9-5-4-8(13)6-10(9)14/h4-6H,1-3H3. The van der Waals surface area contributed by atoms with Gasteiger partial charge in [0, 0.05) is 17.0 Å². The van der Waals surface area contributed by atoms with Gasteiger partial charge in [-0.2, -0.15) is 0 Å². The zero-order valence-corrected chi connectivity index (χ0v) is 12.1. The molecule has 0 saturated carbocycles. The fraction of sp³-hybridized carbons (Fsp3) is 0.333. The zero-order valence-electron chi connectivity index (χ0n) is 9.71. The summed E-state index contributed by atoms with van der Waals surface area (Å²) in [6.07, 6.45) is 0. The van der Waals surface area contributed by atoms with Crippen molar-refractivity contribution in [2.45, 2.75) is 26.4 Å². The van der Waals surface area contributed by atoms with Gasteiger partial charge in [0.05, 0.1) is 5.02 Å². The molecule has 0 aromatic heterocycles. The Morgan fingerprint density at radius 3 is 2.41 bits per heavy atom. The molecule has 0 spiro atoms. The third-order valence-corrected chi connectivity index (χ3v) is 2.93. The molecule has 1 rings (SSSR count). The first kappa shape index (κ1) is 14.2. The molecule has 3 nitrogen and oxygen atoms in total. The monoisotopic (exact) mass is 318 g/mol. The molecule has 0 aliphatic rings. The molecule has 0 aliphatic carbocycles. The average Bonchev–Trinajstić information content (AvgIpc) is 2.14. The predicted octanol–water partition coefficient (Wildman–Crippen LogP) is 3.63. The van der Waals surface area contributed by atoms with E-state index in [9.17, 15) is 9.59 Å². The van der Waals surface area contributed by atoms with Crippen LogP contribution in [0.3, 0.4) is 0 Å². The maximum atomic E-state index is 12.2. The quantitative estimate of drug-likeness (QED) is 0.631. The van der Waals surface area contributed by atoms with Gasteiger partial charge in [0.2, 0.25) is 5.78 Å². The topological polar surface area (TPSA) is 43.4 Å². The smallest absolute Gasteiger partial charge is 0.303 e. The van der Waals surface area contributed by atoms with Crippen LogP contribution in [-0.2, 0) is 9.53 Å². The number of Topliss-reactive ketones (excluding diaryl/α,β-unsaturated/α-hetero) is 1. The zero-order chi connectivity index (χ0) is 13.2. The van der Waals surface area contributed by atoms with Gasteiger partial charge in [0.25, 0.3) is 0 Å². The summed E-state index contributed by atoms with van der Waals surface area (Å²) in [6.45, 7) is 4.34.